The number of morpholine rings is 1. The Morgan fingerprint density at radius 3 is 3.00 bits per heavy atom. The maximum Gasteiger partial charge on any atom is 0.324 e. The fraction of sp³-hybridized carbons (Fsp3) is 0.556. The Morgan fingerprint density at radius 1 is 1.61 bits per heavy atom. The van der Waals surface area contributed by atoms with Gasteiger partial charge >= 0.3 is 11.9 Å². The first-order valence-corrected chi connectivity index (χ1v) is 5.33. The van der Waals surface area contributed by atoms with E-state index < -0.39 is 18.3 Å². The van der Waals surface area contributed by atoms with Crippen LogP contribution in [0.25, 0.3) is 0 Å². The molecule has 9 heteroatoms. The van der Waals surface area contributed by atoms with Crippen molar-refractivity contribution in [2.75, 3.05) is 31.3 Å². The van der Waals surface area contributed by atoms with Gasteiger partial charge < -0.3 is 14.9 Å². The lowest BCUT2D eigenvalue weighted by atomic mass is 10.4. The van der Waals surface area contributed by atoms with Crippen molar-refractivity contribution in [2.45, 2.75) is 6.42 Å². The molecule has 2 heterocycles. The van der Waals surface area contributed by atoms with Gasteiger partial charge in [-0.05, 0) is 5.90 Å². The maximum atomic E-state index is 11.1. The number of hydrogen-bond donors (Lipinski definition) is 1. The number of nitrogens with zero attached hydrogens (tertiary/aromatic N) is 4. The SMILES string of the molecule is O=C(O)CC([O-])=Nc1c[n+](N2CCOCC2)no1. The summed E-state index contributed by atoms with van der Waals surface area (Å²) in [5.41, 5.74) is 0. The molecule has 0 unspecified atom stereocenters. The third kappa shape index (κ3) is 3.17. The van der Waals surface area contributed by atoms with Crippen LogP contribution in [0.3, 0.4) is 0 Å². The van der Waals surface area contributed by atoms with Crippen LogP contribution in [0, 0.1) is 0 Å². The molecule has 0 atom stereocenters. The number of aromatic nitrogens is 2. The lowest BCUT2D eigenvalue weighted by molar-refractivity contribution is -0.759. The predicted octanol–water partition coefficient (Wildman–Crippen LogP) is -2.20. The Kier molecular flexibility index (Phi) is 3.72. The van der Waals surface area contributed by atoms with Crippen molar-refractivity contribution < 1.29 is 29.1 Å². The van der Waals surface area contributed by atoms with Crippen LogP contribution in [-0.2, 0) is 9.53 Å². The average Bonchev–Trinajstić information content (AvgIpc) is 2.77. The number of carboxylic acid groups (broad SMARTS) is 1. The largest absolute Gasteiger partial charge is 0.861 e. The van der Waals surface area contributed by atoms with Crippen molar-refractivity contribution >= 4 is 17.8 Å². The summed E-state index contributed by atoms with van der Waals surface area (Å²) in [4.78, 5) is 15.2. The fourth-order valence-electron chi connectivity index (χ4n) is 1.46. The highest BCUT2D eigenvalue weighted by Gasteiger charge is 2.22. The van der Waals surface area contributed by atoms with Crippen molar-refractivity contribution in [1.82, 2.24) is 5.27 Å². The highest BCUT2D eigenvalue weighted by atomic mass is 16.5. The van der Waals surface area contributed by atoms with E-state index in [1.807, 2.05) is 5.01 Å². The molecule has 1 aromatic rings. The van der Waals surface area contributed by atoms with Crippen molar-refractivity contribution in [3.05, 3.63) is 6.20 Å². The van der Waals surface area contributed by atoms with Gasteiger partial charge in [-0.25, -0.2) is 4.99 Å². The minimum Gasteiger partial charge on any atom is -0.861 e. The lowest BCUT2D eigenvalue weighted by Gasteiger charge is -2.18. The van der Waals surface area contributed by atoms with Gasteiger partial charge in [-0.1, -0.05) is 0 Å². The number of carbonyl (C=O) groups is 1. The third-order valence-corrected chi connectivity index (χ3v) is 2.26. The number of aliphatic imine (C=N–C) groups is 1. The van der Waals surface area contributed by atoms with E-state index in [2.05, 4.69) is 10.3 Å². The Hall–Kier alpha value is -2.16. The number of aliphatic carboxylic acids is 1. The van der Waals surface area contributed by atoms with Crippen LogP contribution in [0.15, 0.2) is 15.7 Å². The molecule has 1 fully saturated rings. The topological polar surface area (TPSA) is 115 Å². The summed E-state index contributed by atoms with van der Waals surface area (Å²) in [6, 6.07) is 0. The molecule has 1 aliphatic rings. The normalized spacial score (nSPS) is 16.9. The number of hydrogen-bond acceptors (Lipinski definition) is 7. The zero-order chi connectivity index (χ0) is 13.0. The molecule has 0 aromatic carbocycles. The van der Waals surface area contributed by atoms with Crippen LogP contribution < -0.4 is 14.9 Å². The van der Waals surface area contributed by atoms with Crippen molar-refractivity contribution in [3.8, 4) is 0 Å². The van der Waals surface area contributed by atoms with Crippen LogP contribution in [0.4, 0.5) is 5.88 Å². The van der Waals surface area contributed by atoms with E-state index in [0.29, 0.717) is 26.3 Å². The number of carboxylic acids is 1. The lowest BCUT2D eigenvalue weighted by Crippen LogP contribution is -2.62. The van der Waals surface area contributed by atoms with Gasteiger partial charge in [-0.2, -0.15) is 0 Å². The molecular weight excluding hydrogens is 244 g/mol. The minimum atomic E-state index is -1.23. The summed E-state index contributed by atoms with van der Waals surface area (Å²) in [5.74, 6) is -2.04. The Bertz CT molecular complexity index is 452. The minimum absolute atomic E-state index is 0.0206. The monoisotopic (exact) mass is 256 g/mol. The molecule has 0 radical (unpaired) electrons. The van der Waals surface area contributed by atoms with Crippen LogP contribution in [0.2, 0.25) is 0 Å². The summed E-state index contributed by atoms with van der Waals surface area (Å²) >= 11 is 0. The Morgan fingerprint density at radius 2 is 2.33 bits per heavy atom. The van der Waals surface area contributed by atoms with E-state index in [0.717, 1.165) is 0 Å². The molecular formula is C9H12N4O5. The number of ether oxygens (including phenoxy) is 1. The summed E-state index contributed by atoms with van der Waals surface area (Å²) < 4.78 is 10.0. The van der Waals surface area contributed by atoms with E-state index in [1.54, 1.807) is 0 Å². The molecule has 1 aliphatic heterocycles. The Balaban J connectivity index is 2.03. The Labute approximate surface area is 102 Å². The van der Waals surface area contributed by atoms with Crippen LogP contribution in [0.5, 0.6) is 0 Å². The average molecular weight is 256 g/mol. The van der Waals surface area contributed by atoms with Gasteiger partial charge in [0.25, 0.3) is 6.20 Å². The van der Waals surface area contributed by atoms with E-state index in [9.17, 15) is 9.90 Å². The molecule has 1 N–H and O–H groups in total. The summed E-state index contributed by atoms with van der Waals surface area (Å²) in [5, 5.41) is 25.1. The zero-order valence-electron chi connectivity index (χ0n) is 9.48. The van der Waals surface area contributed by atoms with Gasteiger partial charge in [0, 0.05) is 0 Å². The summed E-state index contributed by atoms with van der Waals surface area (Å²) in [6.45, 7) is 2.48. The zero-order valence-corrected chi connectivity index (χ0v) is 9.48. The van der Waals surface area contributed by atoms with Gasteiger partial charge in [-0.15, -0.1) is 5.01 Å². The molecule has 1 aromatic heterocycles. The van der Waals surface area contributed by atoms with E-state index in [1.165, 1.54) is 11.0 Å². The molecule has 1 saturated heterocycles. The molecule has 0 saturated carbocycles. The van der Waals surface area contributed by atoms with Crippen LogP contribution in [-0.4, -0.2) is 48.5 Å². The van der Waals surface area contributed by atoms with E-state index in [-0.39, 0.29) is 5.88 Å². The second-order valence-corrected chi connectivity index (χ2v) is 3.60. The molecule has 0 aliphatic carbocycles. The molecule has 0 amide bonds. The quantitative estimate of drug-likeness (QED) is 0.369. The second kappa shape index (κ2) is 5.45. The van der Waals surface area contributed by atoms with Gasteiger partial charge in [0.15, 0.2) is 0 Å². The smallest absolute Gasteiger partial charge is 0.324 e. The van der Waals surface area contributed by atoms with Crippen LogP contribution in [0.1, 0.15) is 6.42 Å². The first-order valence-electron chi connectivity index (χ1n) is 5.33. The van der Waals surface area contributed by atoms with Gasteiger partial charge in [0.05, 0.1) is 37.5 Å². The molecule has 9 nitrogen and oxygen atoms in total. The maximum absolute atomic E-state index is 11.1. The number of rotatable bonds is 4. The summed E-state index contributed by atoms with van der Waals surface area (Å²) in [7, 11) is 0. The van der Waals surface area contributed by atoms with Crippen molar-refractivity contribution in [3.63, 3.8) is 0 Å². The van der Waals surface area contributed by atoms with E-state index >= 15 is 0 Å². The van der Waals surface area contributed by atoms with Crippen molar-refractivity contribution in [1.29, 1.82) is 0 Å². The second-order valence-electron chi connectivity index (χ2n) is 3.60. The molecule has 18 heavy (non-hydrogen) atoms. The van der Waals surface area contributed by atoms with Crippen LogP contribution >= 0.6 is 0 Å². The first-order chi connectivity index (χ1) is 8.65. The first kappa shape index (κ1) is 12.3. The molecule has 2 rings (SSSR count). The van der Waals surface area contributed by atoms with Gasteiger partial charge in [-0.3, -0.25) is 9.32 Å². The highest BCUT2D eigenvalue weighted by molar-refractivity contribution is 5.91. The molecule has 0 spiro atoms. The van der Waals surface area contributed by atoms with Crippen molar-refractivity contribution in [2.24, 2.45) is 4.99 Å². The molecule has 0 bridgehead atoms. The van der Waals surface area contributed by atoms with Gasteiger partial charge in [0.2, 0.25) is 5.27 Å². The van der Waals surface area contributed by atoms with Gasteiger partial charge in [0.1, 0.15) is 0 Å². The third-order valence-electron chi connectivity index (χ3n) is 2.26. The standard InChI is InChI=1S/C9H12N4O5/c14-7(5-9(15)16)10-8-6-13(11-18-8)12-1-3-17-4-2-12/h6H,1-5H2,(H-,10,11,14,15,16). The van der Waals surface area contributed by atoms with E-state index in [4.69, 9.17) is 14.4 Å². The molecule has 98 valence electrons. The predicted molar refractivity (Wildman–Crippen MR) is 54.8 cm³/mol. The fourth-order valence-corrected chi connectivity index (χ4v) is 1.46. The highest BCUT2D eigenvalue weighted by Crippen LogP contribution is 2.06. The summed E-state index contributed by atoms with van der Waals surface area (Å²) in [6.07, 6.45) is 0.753.